The first kappa shape index (κ1) is 25.5. The minimum absolute atomic E-state index is 0.0348. The van der Waals surface area contributed by atoms with Crippen molar-refractivity contribution in [3.05, 3.63) is 86.2 Å². The summed E-state index contributed by atoms with van der Waals surface area (Å²) < 4.78 is 36.6. The van der Waals surface area contributed by atoms with E-state index in [0.29, 0.717) is 15.6 Å². The van der Waals surface area contributed by atoms with Gasteiger partial charge in [-0.05, 0) is 0 Å². The SMILES string of the molecule is O=C(Nc1ccn([C@H]2O[C@@H](CO)[C@H](O)C2(F)F)c(=O)n1)c1ccc(-n2[se]c3ccccc3c2=O)cc1Cl. The fourth-order valence-electron chi connectivity index (χ4n) is 3.92. The molecule has 1 amide bonds. The molecule has 3 N–H and O–H groups in total. The number of hydrogen-bond donors (Lipinski definition) is 3. The van der Waals surface area contributed by atoms with Crippen LogP contribution in [0.5, 0.6) is 0 Å². The molecular weight excluding hydrogens is 581 g/mol. The Balaban J connectivity index is 1.37. The quantitative estimate of drug-likeness (QED) is 0.296. The van der Waals surface area contributed by atoms with Gasteiger partial charge < -0.3 is 14.9 Å². The molecule has 0 aliphatic carbocycles. The molecule has 5 rings (SSSR count). The van der Waals surface area contributed by atoms with E-state index in [4.69, 9.17) is 21.4 Å². The van der Waals surface area contributed by atoms with Crippen LogP contribution in [0.2, 0.25) is 5.02 Å². The van der Waals surface area contributed by atoms with Crippen LogP contribution in [0.1, 0.15) is 16.6 Å². The fourth-order valence-corrected chi connectivity index (χ4v) is 6.26. The third-order valence-electron chi connectivity index (χ3n) is 5.81. The van der Waals surface area contributed by atoms with Gasteiger partial charge in [-0.15, -0.1) is 0 Å². The number of carbonyl (C=O) groups is 1. The second-order valence-corrected chi connectivity index (χ2v) is 10.6. The minimum atomic E-state index is -3.86. The van der Waals surface area contributed by atoms with Crippen LogP contribution >= 0.6 is 11.6 Å². The summed E-state index contributed by atoms with van der Waals surface area (Å²) in [4.78, 5) is 41.5. The van der Waals surface area contributed by atoms with Gasteiger partial charge in [-0.2, -0.15) is 8.78 Å². The number of carbonyl (C=O) groups excluding carboxylic acids is 1. The van der Waals surface area contributed by atoms with E-state index < -0.39 is 42.6 Å². The molecule has 10 nitrogen and oxygen atoms in total. The molecule has 192 valence electrons. The van der Waals surface area contributed by atoms with Gasteiger partial charge in [0.05, 0.1) is 6.61 Å². The van der Waals surface area contributed by atoms with Gasteiger partial charge >= 0.3 is 175 Å². The van der Waals surface area contributed by atoms with E-state index in [-0.39, 0.29) is 36.7 Å². The number of hydrogen-bond acceptors (Lipinski definition) is 7. The normalized spacial score (nSPS) is 20.8. The van der Waals surface area contributed by atoms with Gasteiger partial charge in [0.15, 0.2) is 6.10 Å². The Labute approximate surface area is 217 Å². The van der Waals surface area contributed by atoms with Gasteiger partial charge in [0.1, 0.15) is 6.10 Å². The number of anilines is 1. The van der Waals surface area contributed by atoms with Crippen molar-refractivity contribution in [3.63, 3.8) is 0 Å². The Morgan fingerprint density at radius 3 is 2.62 bits per heavy atom. The molecule has 0 unspecified atom stereocenters. The molecule has 0 bridgehead atoms. The summed E-state index contributed by atoms with van der Waals surface area (Å²) in [7, 11) is 0. The van der Waals surface area contributed by atoms with Crippen LogP contribution in [0.3, 0.4) is 0 Å². The Morgan fingerprint density at radius 2 is 1.97 bits per heavy atom. The van der Waals surface area contributed by atoms with Gasteiger partial charge in [0.2, 0.25) is 0 Å². The molecule has 0 radical (unpaired) electrons. The second-order valence-electron chi connectivity index (χ2n) is 8.14. The summed E-state index contributed by atoms with van der Waals surface area (Å²) >= 11 is 6.03. The number of nitrogens with zero attached hydrogens (tertiary/aromatic N) is 3. The summed E-state index contributed by atoms with van der Waals surface area (Å²) in [5.41, 5.74) is -0.788. The second kappa shape index (κ2) is 9.60. The molecule has 1 aliphatic heterocycles. The van der Waals surface area contributed by atoms with E-state index >= 15 is 0 Å². The van der Waals surface area contributed by atoms with Crippen molar-refractivity contribution in [1.82, 2.24) is 13.1 Å². The average molecular weight is 598 g/mol. The van der Waals surface area contributed by atoms with Gasteiger partial charge in [0.25, 0.3) is 0 Å². The van der Waals surface area contributed by atoms with Crippen molar-refractivity contribution >= 4 is 47.7 Å². The van der Waals surface area contributed by atoms with Gasteiger partial charge in [-0.3, -0.25) is 0 Å². The number of aliphatic hydroxyl groups is 2. The Kier molecular flexibility index (Phi) is 6.60. The summed E-state index contributed by atoms with van der Waals surface area (Å²) in [5.74, 6) is -4.82. The van der Waals surface area contributed by atoms with E-state index in [1.165, 1.54) is 12.1 Å². The number of aromatic nitrogens is 3. The molecule has 2 aromatic heterocycles. The first-order valence-corrected chi connectivity index (χ1v) is 12.8. The molecule has 2 aromatic carbocycles. The third kappa shape index (κ3) is 4.43. The molecule has 3 heterocycles. The van der Waals surface area contributed by atoms with Crippen molar-refractivity contribution in [1.29, 1.82) is 0 Å². The van der Waals surface area contributed by atoms with E-state index in [1.807, 2.05) is 12.1 Å². The van der Waals surface area contributed by atoms with Gasteiger partial charge in [-0.1, -0.05) is 0 Å². The van der Waals surface area contributed by atoms with Gasteiger partial charge in [-0.25, -0.2) is 0 Å². The molecule has 1 fully saturated rings. The van der Waals surface area contributed by atoms with Crippen LogP contribution in [-0.4, -0.2) is 68.7 Å². The monoisotopic (exact) mass is 598 g/mol. The standard InChI is InChI=1S/C23H17ClF2N4O6Se/c24-14-9-11(30-20(34)13-3-1-2-4-16(13)37-30)5-6-12(14)19(33)27-17-7-8-29(22(35)28-17)21-23(25,26)18(32)15(10-31)36-21/h1-9,15,18,21,31-32H,10H2,(H,27,28,33,35)/t15-,18-,21-/m0/s1. The van der Waals surface area contributed by atoms with Crippen molar-refractivity contribution in [2.45, 2.75) is 24.4 Å². The van der Waals surface area contributed by atoms with Crippen LogP contribution in [0.15, 0.2) is 64.3 Å². The predicted molar refractivity (Wildman–Crippen MR) is 130 cm³/mol. The van der Waals surface area contributed by atoms with Crippen LogP contribution in [0.4, 0.5) is 14.6 Å². The number of halogens is 3. The molecule has 1 saturated heterocycles. The van der Waals surface area contributed by atoms with E-state index in [1.54, 1.807) is 21.8 Å². The Bertz CT molecular complexity index is 1640. The third-order valence-corrected chi connectivity index (χ3v) is 8.45. The Hall–Kier alpha value is -3.19. The van der Waals surface area contributed by atoms with Crippen molar-refractivity contribution in [2.24, 2.45) is 0 Å². The van der Waals surface area contributed by atoms with Crippen molar-refractivity contribution < 1.29 is 28.5 Å². The number of benzene rings is 2. The maximum atomic E-state index is 14.3. The molecule has 1 aliphatic rings. The summed E-state index contributed by atoms with van der Waals surface area (Å²) in [6.45, 7) is -0.872. The van der Waals surface area contributed by atoms with E-state index in [0.717, 1.165) is 16.5 Å². The number of fused-ring (bicyclic) bond motifs is 1. The van der Waals surface area contributed by atoms with Crippen molar-refractivity contribution in [3.8, 4) is 5.69 Å². The Morgan fingerprint density at radius 1 is 1.22 bits per heavy atom. The van der Waals surface area contributed by atoms with Crippen LogP contribution in [-0.2, 0) is 4.74 Å². The molecule has 37 heavy (non-hydrogen) atoms. The maximum absolute atomic E-state index is 14.3. The number of aliphatic hydroxyl groups excluding tert-OH is 2. The first-order valence-electron chi connectivity index (χ1n) is 10.8. The average Bonchev–Trinajstić information content (AvgIpc) is 3.32. The van der Waals surface area contributed by atoms with E-state index in [9.17, 15) is 28.3 Å². The summed E-state index contributed by atoms with van der Waals surface area (Å²) in [6, 6.07) is 12.8. The first-order chi connectivity index (χ1) is 17.6. The topological polar surface area (TPSA) is 136 Å². The molecular formula is C23H17ClF2N4O6Se. The van der Waals surface area contributed by atoms with Crippen LogP contribution < -0.4 is 16.6 Å². The molecule has 0 spiro atoms. The van der Waals surface area contributed by atoms with Gasteiger partial charge in [0, 0.05) is 0 Å². The number of amides is 1. The predicted octanol–water partition coefficient (Wildman–Crippen LogP) is 1.40. The van der Waals surface area contributed by atoms with Crippen LogP contribution in [0.25, 0.3) is 15.3 Å². The van der Waals surface area contributed by atoms with Crippen LogP contribution in [0, 0.1) is 0 Å². The molecule has 14 heteroatoms. The zero-order valence-corrected chi connectivity index (χ0v) is 21.0. The molecule has 0 saturated carbocycles. The molecule has 3 atom stereocenters. The van der Waals surface area contributed by atoms with Crippen molar-refractivity contribution in [2.75, 3.05) is 11.9 Å². The number of nitrogens with one attached hydrogen (secondary N) is 1. The van der Waals surface area contributed by atoms with E-state index in [2.05, 4.69) is 10.3 Å². The summed E-state index contributed by atoms with van der Waals surface area (Å²) in [6.07, 6.45) is -5.15. The fraction of sp³-hybridized carbons (Fsp3) is 0.217. The zero-order valence-electron chi connectivity index (χ0n) is 18.5. The summed E-state index contributed by atoms with van der Waals surface area (Å²) in [5, 5.41) is 21.8. The molecule has 4 aromatic rings. The number of ether oxygens (including phenoxy) is 1. The number of rotatable bonds is 5. The zero-order chi connectivity index (χ0) is 26.5. The number of alkyl halides is 2.